The number of hydrogen-bond donors (Lipinski definition) is 1. The molecule has 0 aromatic rings. The molecule has 0 aromatic carbocycles. The zero-order valence-corrected chi connectivity index (χ0v) is 17.2. The lowest BCUT2D eigenvalue weighted by Crippen LogP contribution is -2.43. The van der Waals surface area contributed by atoms with Crippen LogP contribution >= 0.6 is 0 Å². The van der Waals surface area contributed by atoms with Gasteiger partial charge in [-0.15, -0.1) is 0 Å². The number of imide groups is 1. The second kappa shape index (κ2) is 10.1. The van der Waals surface area contributed by atoms with Crippen molar-refractivity contribution in [2.75, 3.05) is 33.7 Å². The SMILES string of the molecule is CCCCCCCCCC[N+](C)(C)CCCN1C(=O)NC(C)(C)C1=O. The van der Waals surface area contributed by atoms with Crippen molar-refractivity contribution in [3.8, 4) is 0 Å². The third-order valence-corrected chi connectivity index (χ3v) is 5.21. The Morgan fingerprint density at radius 1 is 0.880 bits per heavy atom. The van der Waals surface area contributed by atoms with Gasteiger partial charge in [0.1, 0.15) is 5.54 Å². The summed E-state index contributed by atoms with van der Waals surface area (Å²) >= 11 is 0. The van der Waals surface area contributed by atoms with E-state index in [0.29, 0.717) is 6.54 Å². The van der Waals surface area contributed by atoms with Crippen molar-refractivity contribution in [2.45, 2.75) is 84.1 Å². The van der Waals surface area contributed by atoms with Gasteiger partial charge in [0.05, 0.1) is 27.2 Å². The van der Waals surface area contributed by atoms with Gasteiger partial charge in [0.2, 0.25) is 0 Å². The number of hydrogen-bond acceptors (Lipinski definition) is 2. The van der Waals surface area contributed by atoms with E-state index < -0.39 is 5.54 Å². The maximum Gasteiger partial charge on any atom is 0.325 e. The summed E-state index contributed by atoms with van der Waals surface area (Å²) in [7, 11) is 4.49. The Bertz CT molecular complexity index is 433. The minimum atomic E-state index is -0.751. The number of carbonyl (C=O) groups is 2. The highest BCUT2D eigenvalue weighted by atomic mass is 16.2. The van der Waals surface area contributed by atoms with Crippen LogP contribution in [-0.4, -0.2) is 60.6 Å². The van der Waals surface area contributed by atoms with Crippen LogP contribution in [0.5, 0.6) is 0 Å². The van der Waals surface area contributed by atoms with Crippen molar-refractivity contribution < 1.29 is 14.1 Å². The summed E-state index contributed by atoms with van der Waals surface area (Å²) in [6.07, 6.45) is 11.6. The van der Waals surface area contributed by atoms with Gasteiger partial charge in [-0.05, 0) is 26.7 Å². The number of carbonyl (C=O) groups excluding carboxylic acids is 2. The number of rotatable bonds is 13. The van der Waals surface area contributed by atoms with Crippen LogP contribution in [0.2, 0.25) is 0 Å². The van der Waals surface area contributed by atoms with Crippen LogP contribution < -0.4 is 5.32 Å². The molecule has 1 fully saturated rings. The Morgan fingerprint density at radius 2 is 1.40 bits per heavy atom. The van der Waals surface area contributed by atoms with Crippen LogP contribution in [0.15, 0.2) is 0 Å². The summed E-state index contributed by atoms with van der Waals surface area (Å²) in [4.78, 5) is 25.4. The lowest BCUT2D eigenvalue weighted by molar-refractivity contribution is -0.890. The lowest BCUT2D eigenvalue weighted by Gasteiger charge is -2.30. The Balaban J connectivity index is 2.15. The third-order valence-electron chi connectivity index (χ3n) is 5.21. The normalized spacial score (nSPS) is 17.2. The lowest BCUT2D eigenvalue weighted by atomic mass is 10.1. The maximum atomic E-state index is 12.2. The van der Waals surface area contributed by atoms with E-state index in [1.54, 1.807) is 13.8 Å². The number of quaternary nitrogens is 1. The zero-order chi connectivity index (χ0) is 18.9. The van der Waals surface area contributed by atoms with Crippen LogP contribution in [-0.2, 0) is 4.79 Å². The largest absolute Gasteiger partial charge is 0.328 e. The molecule has 0 aliphatic carbocycles. The average Bonchev–Trinajstić information content (AvgIpc) is 2.71. The van der Waals surface area contributed by atoms with E-state index in [4.69, 9.17) is 0 Å². The molecule has 0 spiro atoms. The second-order valence-electron chi connectivity index (χ2n) is 8.72. The Hall–Kier alpha value is -1.10. The van der Waals surface area contributed by atoms with E-state index >= 15 is 0 Å². The molecule has 5 heteroatoms. The smallest absolute Gasteiger partial charge is 0.325 e. The Labute approximate surface area is 154 Å². The monoisotopic (exact) mass is 354 g/mol. The van der Waals surface area contributed by atoms with Gasteiger partial charge in [0.25, 0.3) is 5.91 Å². The number of unbranched alkanes of at least 4 members (excludes halogenated alkanes) is 7. The van der Waals surface area contributed by atoms with E-state index in [0.717, 1.165) is 17.4 Å². The van der Waals surface area contributed by atoms with Gasteiger partial charge in [0.15, 0.2) is 0 Å². The van der Waals surface area contributed by atoms with Crippen molar-refractivity contribution in [1.29, 1.82) is 0 Å². The molecule has 0 aromatic heterocycles. The predicted octanol–water partition coefficient (Wildman–Crippen LogP) is 3.92. The molecule has 3 amide bonds. The summed E-state index contributed by atoms with van der Waals surface area (Å²) in [5.41, 5.74) is -0.751. The van der Waals surface area contributed by atoms with E-state index in [1.807, 2.05) is 0 Å². The number of nitrogens with one attached hydrogen (secondary N) is 1. The molecule has 0 bridgehead atoms. The van der Waals surface area contributed by atoms with Crippen LogP contribution in [0.4, 0.5) is 4.79 Å². The molecule has 25 heavy (non-hydrogen) atoms. The summed E-state index contributed by atoms with van der Waals surface area (Å²) in [5.74, 6) is -0.106. The van der Waals surface area contributed by atoms with Gasteiger partial charge < -0.3 is 9.80 Å². The van der Waals surface area contributed by atoms with Gasteiger partial charge in [0, 0.05) is 13.0 Å². The molecular formula is C20H40N3O2+. The van der Waals surface area contributed by atoms with Crippen LogP contribution in [0, 0.1) is 0 Å². The third kappa shape index (κ3) is 7.76. The van der Waals surface area contributed by atoms with Gasteiger partial charge in [-0.3, -0.25) is 9.69 Å². The fraction of sp³-hybridized carbons (Fsp3) is 0.900. The topological polar surface area (TPSA) is 49.4 Å². The van der Waals surface area contributed by atoms with E-state index in [1.165, 1.54) is 62.8 Å². The van der Waals surface area contributed by atoms with Crippen LogP contribution in [0.25, 0.3) is 0 Å². The fourth-order valence-electron chi connectivity index (χ4n) is 3.46. The molecule has 0 radical (unpaired) electrons. The van der Waals surface area contributed by atoms with Crippen molar-refractivity contribution >= 4 is 11.9 Å². The molecule has 0 saturated carbocycles. The second-order valence-corrected chi connectivity index (χ2v) is 8.72. The molecule has 1 N–H and O–H groups in total. The number of amides is 3. The Kier molecular flexibility index (Phi) is 8.91. The molecule has 146 valence electrons. The van der Waals surface area contributed by atoms with E-state index in [2.05, 4.69) is 26.3 Å². The molecule has 5 nitrogen and oxygen atoms in total. The number of nitrogens with zero attached hydrogens (tertiary/aromatic N) is 2. The molecular weight excluding hydrogens is 314 g/mol. The maximum absolute atomic E-state index is 12.2. The quantitative estimate of drug-likeness (QED) is 0.309. The summed E-state index contributed by atoms with van der Waals surface area (Å²) in [6, 6.07) is -0.247. The first-order valence-electron chi connectivity index (χ1n) is 10.2. The predicted molar refractivity (Wildman–Crippen MR) is 103 cm³/mol. The first-order valence-corrected chi connectivity index (χ1v) is 10.2. The molecule has 1 saturated heterocycles. The van der Waals surface area contributed by atoms with E-state index in [9.17, 15) is 9.59 Å². The Morgan fingerprint density at radius 3 is 1.92 bits per heavy atom. The van der Waals surface area contributed by atoms with Gasteiger partial charge >= 0.3 is 6.03 Å². The van der Waals surface area contributed by atoms with Gasteiger partial charge in [-0.2, -0.15) is 0 Å². The summed E-state index contributed by atoms with van der Waals surface area (Å²) in [5, 5.41) is 2.74. The van der Waals surface area contributed by atoms with Crippen molar-refractivity contribution in [3.63, 3.8) is 0 Å². The average molecular weight is 355 g/mol. The molecule has 0 atom stereocenters. The first kappa shape index (κ1) is 21.9. The van der Waals surface area contributed by atoms with Gasteiger partial charge in [-0.25, -0.2) is 4.79 Å². The highest BCUT2D eigenvalue weighted by Crippen LogP contribution is 2.17. The first-order chi connectivity index (χ1) is 11.7. The molecule has 0 unspecified atom stereocenters. The van der Waals surface area contributed by atoms with E-state index in [-0.39, 0.29) is 11.9 Å². The molecule has 1 rings (SSSR count). The minimum absolute atomic E-state index is 0.106. The highest BCUT2D eigenvalue weighted by Gasteiger charge is 2.43. The van der Waals surface area contributed by atoms with Crippen molar-refractivity contribution in [1.82, 2.24) is 10.2 Å². The molecule has 1 aliphatic rings. The van der Waals surface area contributed by atoms with Crippen molar-refractivity contribution in [2.24, 2.45) is 0 Å². The minimum Gasteiger partial charge on any atom is -0.328 e. The van der Waals surface area contributed by atoms with Crippen LogP contribution in [0.3, 0.4) is 0 Å². The highest BCUT2D eigenvalue weighted by molar-refractivity contribution is 6.06. The molecule has 1 heterocycles. The molecule has 1 aliphatic heterocycles. The van der Waals surface area contributed by atoms with Crippen molar-refractivity contribution in [3.05, 3.63) is 0 Å². The summed E-state index contributed by atoms with van der Waals surface area (Å²) < 4.78 is 0.961. The summed E-state index contributed by atoms with van der Waals surface area (Å²) in [6.45, 7) is 8.46. The fourth-order valence-corrected chi connectivity index (χ4v) is 3.46. The number of urea groups is 1. The van der Waals surface area contributed by atoms with Crippen LogP contribution in [0.1, 0.15) is 78.6 Å². The van der Waals surface area contributed by atoms with Gasteiger partial charge in [-0.1, -0.05) is 45.4 Å². The zero-order valence-electron chi connectivity index (χ0n) is 17.2. The standard InChI is InChI=1S/C20H39N3O2/c1-6-7-8-9-10-11-12-13-16-23(4,5)17-14-15-22-18(24)20(2,3)21-19(22)25/h6-17H2,1-5H3/p+1.